The van der Waals surface area contributed by atoms with Crippen molar-refractivity contribution in [2.24, 2.45) is 23.3 Å². The summed E-state index contributed by atoms with van der Waals surface area (Å²) in [5.74, 6) is 2.12. The maximum atomic E-state index is 5.89. The van der Waals surface area contributed by atoms with Crippen LogP contribution in [-0.4, -0.2) is 20.2 Å². The fourth-order valence-electron chi connectivity index (χ4n) is 3.14. The molecular formula is C19H34N2O. The van der Waals surface area contributed by atoms with E-state index < -0.39 is 0 Å². The van der Waals surface area contributed by atoms with Gasteiger partial charge >= 0.3 is 0 Å². The normalized spacial score (nSPS) is 15.0. The summed E-state index contributed by atoms with van der Waals surface area (Å²) >= 11 is 0. The average Bonchev–Trinajstić information content (AvgIpc) is 2.45. The van der Waals surface area contributed by atoms with E-state index in [1.54, 1.807) is 7.11 Å². The van der Waals surface area contributed by atoms with E-state index in [9.17, 15) is 0 Å². The van der Waals surface area contributed by atoms with Gasteiger partial charge in [0.2, 0.25) is 0 Å². The van der Waals surface area contributed by atoms with Crippen molar-refractivity contribution in [2.75, 3.05) is 20.2 Å². The van der Waals surface area contributed by atoms with Crippen LogP contribution in [0.2, 0.25) is 0 Å². The van der Waals surface area contributed by atoms with Crippen LogP contribution in [0.5, 0.6) is 5.75 Å². The molecule has 0 spiro atoms. The number of rotatable bonds is 6. The quantitative estimate of drug-likeness (QED) is 0.844. The first-order chi connectivity index (χ1) is 10.2. The second-order valence-electron chi connectivity index (χ2n) is 7.56. The van der Waals surface area contributed by atoms with Crippen molar-refractivity contribution in [3.63, 3.8) is 0 Å². The minimum Gasteiger partial charge on any atom is -0.496 e. The molecule has 3 nitrogen and oxygen atoms in total. The highest BCUT2D eigenvalue weighted by Gasteiger charge is 2.28. The summed E-state index contributed by atoms with van der Waals surface area (Å²) in [5, 5.41) is 0. The average molecular weight is 306 g/mol. The van der Waals surface area contributed by atoms with Crippen molar-refractivity contribution in [3.05, 3.63) is 28.8 Å². The second-order valence-corrected chi connectivity index (χ2v) is 7.56. The molecule has 0 fully saturated rings. The van der Waals surface area contributed by atoms with Crippen molar-refractivity contribution in [3.8, 4) is 5.75 Å². The van der Waals surface area contributed by atoms with E-state index in [0.29, 0.717) is 30.8 Å². The van der Waals surface area contributed by atoms with E-state index in [-0.39, 0.29) is 5.41 Å². The van der Waals surface area contributed by atoms with Crippen LogP contribution in [0.15, 0.2) is 12.1 Å². The van der Waals surface area contributed by atoms with Gasteiger partial charge in [-0.25, -0.2) is 0 Å². The van der Waals surface area contributed by atoms with Crippen LogP contribution >= 0.6 is 0 Å². The molecular weight excluding hydrogens is 272 g/mol. The molecule has 0 aliphatic rings. The van der Waals surface area contributed by atoms with Crippen molar-refractivity contribution in [1.82, 2.24) is 0 Å². The molecule has 1 aromatic carbocycles. The molecule has 0 saturated heterocycles. The van der Waals surface area contributed by atoms with E-state index in [4.69, 9.17) is 16.2 Å². The molecule has 126 valence electrons. The third kappa shape index (κ3) is 4.02. The topological polar surface area (TPSA) is 61.3 Å². The minimum atomic E-state index is 0.0518. The first-order valence-electron chi connectivity index (χ1n) is 8.26. The van der Waals surface area contributed by atoms with E-state index in [1.807, 2.05) is 0 Å². The van der Waals surface area contributed by atoms with Gasteiger partial charge < -0.3 is 16.2 Å². The minimum absolute atomic E-state index is 0.0518. The largest absolute Gasteiger partial charge is 0.496 e. The molecule has 22 heavy (non-hydrogen) atoms. The summed E-state index contributed by atoms with van der Waals surface area (Å²) in [7, 11) is 1.77. The van der Waals surface area contributed by atoms with Crippen LogP contribution < -0.4 is 16.2 Å². The molecule has 0 aliphatic heterocycles. The molecule has 0 aliphatic carbocycles. The molecule has 1 rings (SSSR count). The number of hydrogen-bond acceptors (Lipinski definition) is 3. The Hall–Kier alpha value is -1.06. The highest BCUT2D eigenvalue weighted by molar-refractivity contribution is 5.49. The SMILES string of the molecule is COc1c(C(C)C(C)C(CN)CN)cc(C)cc1C(C)(C)C. The number of aryl methyl sites for hydroxylation is 1. The predicted molar refractivity (Wildman–Crippen MR) is 95.6 cm³/mol. The van der Waals surface area contributed by atoms with E-state index >= 15 is 0 Å². The van der Waals surface area contributed by atoms with Gasteiger partial charge in [-0.1, -0.05) is 52.3 Å². The maximum absolute atomic E-state index is 5.89. The third-order valence-electron chi connectivity index (χ3n) is 4.90. The van der Waals surface area contributed by atoms with Crippen molar-refractivity contribution in [2.45, 2.75) is 52.9 Å². The van der Waals surface area contributed by atoms with Crippen LogP contribution in [-0.2, 0) is 5.41 Å². The summed E-state index contributed by atoms with van der Waals surface area (Å²) in [6, 6.07) is 4.49. The Balaban J connectivity index is 3.37. The first-order valence-corrected chi connectivity index (χ1v) is 8.26. The summed E-state index contributed by atoms with van der Waals surface area (Å²) in [5.41, 5.74) is 15.6. The Kier molecular flexibility index (Phi) is 6.45. The van der Waals surface area contributed by atoms with Gasteiger partial charge in [-0.05, 0) is 48.7 Å². The van der Waals surface area contributed by atoms with Gasteiger partial charge in [-0.3, -0.25) is 0 Å². The van der Waals surface area contributed by atoms with E-state index in [1.165, 1.54) is 16.7 Å². The number of benzene rings is 1. The van der Waals surface area contributed by atoms with Crippen molar-refractivity contribution in [1.29, 1.82) is 0 Å². The van der Waals surface area contributed by atoms with E-state index in [0.717, 1.165) is 5.75 Å². The van der Waals surface area contributed by atoms with Gasteiger partial charge in [0.1, 0.15) is 5.75 Å². The lowest BCUT2D eigenvalue weighted by atomic mass is 9.76. The molecule has 4 N–H and O–H groups in total. The first kappa shape index (κ1) is 19.0. The molecule has 0 aromatic heterocycles. The maximum Gasteiger partial charge on any atom is 0.126 e. The monoisotopic (exact) mass is 306 g/mol. The molecule has 0 heterocycles. The van der Waals surface area contributed by atoms with Crippen LogP contribution in [0.25, 0.3) is 0 Å². The number of hydrogen-bond donors (Lipinski definition) is 2. The number of methoxy groups -OCH3 is 1. The zero-order valence-electron chi connectivity index (χ0n) is 15.4. The molecule has 1 aromatic rings. The van der Waals surface area contributed by atoms with Crippen molar-refractivity contribution < 1.29 is 4.74 Å². The molecule has 0 radical (unpaired) electrons. The Morgan fingerprint density at radius 2 is 1.64 bits per heavy atom. The predicted octanol–water partition coefficient (Wildman–Crippen LogP) is 3.57. The van der Waals surface area contributed by atoms with Gasteiger partial charge in [0.05, 0.1) is 7.11 Å². The summed E-state index contributed by atoms with van der Waals surface area (Å²) in [6.07, 6.45) is 0. The van der Waals surface area contributed by atoms with Gasteiger partial charge in [-0.2, -0.15) is 0 Å². The zero-order chi connectivity index (χ0) is 17.1. The molecule has 0 bridgehead atoms. The lowest BCUT2D eigenvalue weighted by molar-refractivity contribution is 0.317. The van der Waals surface area contributed by atoms with Crippen LogP contribution in [0.3, 0.4) is 0 Å². The van der Waals surface area contributed by atoms with Gasteiger partial charge in [0.25, 0.3) is 0 Å². The molecule has 0 amide bonds. The Morgan fingerprint density at radius 1 is 1.09 bits per heavy atom. The standard InChI is InChI=1S/C19H34N2O/c1-12-8-16(14(3)13(2)15(10-20)11-21)18(22-7)17(9-12)19(4,5)6/h8-9,13-15H,10-11,20-21H2,1-7H3. The molecule has 3 heteroatoms. The Bertz CT molecular complexity index is 487. The van der Waals surface area contributed by atoms with Gasteiger partial charge in [0.15, 0.2) is 0 Å². The Labute approximate surface area is 136 Å². The lowest BCUT2D eigenvalue weighted by Gasteiger charge is -2.31. The van der Waals surface area contributed by atoms with Gasteiger partial charge in [-0.15, -0.1) is 0 Å². The fraction of sp³-hybridized carbons (Fsp3) is 0.684. The van der Waals surface area contributed by atoms with Gasteiger partial charge in [0, 0.05) is 5.56 Å². The number of ether oxygens (including phenoxy) is 1. The molecule has 2 atom stereocenters. The zero-order valence-corrected chi connectivity index (χ0v) is 15.4. The van der Waals surface area contributed by atoms with Crippen LogP contribution in [0, 0.1) is 18.8 Å². The molecule has 2 unspecified atom stereocenters. The summed E-state index contributed by atoms with van der Waals surface area (Å²) < 4.78 is 5.81. The second kappa shape index (κ2) is 7.47. The highest BCUT2D eigenvalue weighted by Crippen LogP contribution is 2.41. The summed E-state index contributed by atoms with van der Waals surface area (Å²) in [6.45, 7) is 14.6. The van der Waals surface area contributed by atoms with Crippen LogP contribution in [0.4, 0.5) is 0 Å². The fourth-order valence-corrected chi connectivity index (χ4v) is 3.14. The number of nitrogens with two attached hydrogens (primary N) is 2. The highest BCUT2D eigenvalue weighted by atomic mass is 16.5. The smallest absolute Gasteiger partial charge is 0.126 e. The molecule has 0 saturated carbocycles. The lowest BCUT2D eigenvalue weighted by Crippen LogP contribution is -2.32. The Morgan fingerprint density at radius 3 is 2.05 bits per heavy atom. The van der Waals surface area contributed by atoms with E-state index in [2.05, 4.69) is 53.7 Å². The van der Waals surface area contributed by atoms with Crippen LogP contribution in [0.1, 0.15) is 57.2 Å². The third-order valence-corrected chi connectivity index (χ3v) is 4.90. The van der Waals surface area contributed by atoms with Crippen molar-refractivity contribution >= 4 is 0 Å². The summed E-state index contributed by atoms with van der Waals surface area (Å²) in [4.78, 5) is 0.